The minimum atomic E-state index is -0.243. The summed E-state index contributed by atoms with van der Waals surface area (Å²) in [5.74, 6) is 0. The first kappa shape index (κ1) is 13.2. The van der Waals surface area contributed by atoms with Crippen molar-refractivity contribution in [2.24, 2.45) is 0 Å². The molecule has 0 aliphatic rings. The molecule has 2 rings (SSSR count). The minimum Gasteiger partial charge on any atom is -0.361 e. The minimum absolute atomic E-state index is 0.117. The fraction of sp³-hybridized carbons (Fsp3) is 0.357. The zero-order valence-corrected chi connectivity index (χ0v) is 11.5. The first-order valence-electron chi connectivity index (χ1n) is 6.11. The number of fused-ring (bicyclic) bond motifs is 1. The van der Waals surface area contributed by atoms with E-state index in [1.807, 2.05) is 38.2 Å². The van der Waals surface area contributed by atoms with Crippen molar-refractivity contribution in [3.63, 3.8) is 0 Å². The molecule has 0 amide bonds. The molecule has 0 saturated heterocycles. The SMILES string of the molecule is CC(C)N[C@@H](Cc1c[nH]c2ccccc12)C(=O)S. The monoisotopic (exact) mass is 262 g/mol. The molecule has 0 spiro atoms. The molecule has 18 heavy (non-hydrogen) atoms. The van der Waals surface area contributed by atoms with Gasteiger partial charge in [0.1, 0.15) is 0 Å². The number of para-hydroxylation sites is 1. The van der Waals surface area contributed by atoms with Gasteiger partial charge in [-0.2, -0.15) is 0 Å². The van der Waals surface area contributed by atoms with Gasteiger partial charge in [-0.25, -0.2) is 0 Å². The lowest BCUT2D eigenvalue weighted by Gasteiger charge is -2.17. The molecule has 2 N–H and O–H groups in total. The highest BCUT2D eigenvalue weighted by Crippen LogP contribution is 2.19. The number of benzene rings is 1. The molecule has 3 nitrogen and oxygen atoms in total. The Morgan fingerprint density at radius 3 is 2.78 bits per heavy atom. The Kier molecular flexibility index (Phi) is 4.09. The number of rotatable bonds is 5. The van der Waals surface area contributed by atoms with Crippen molar-refractivity contribution in [1.82, 2.24) is 10.3 Å². The second-order valence-corrected chi connectivity index (χ2v) is 5.22. The number of thiol groups is 1. The van der Waals surface area contributed by atoms with E-state index in [-0.39, 0.29) is 17.2 Å². The van der Waals surface area contributed by atoms with E-state index in [1.165, 1.54) is 5.39 Å². The maximum atomic E-state index is 11.5. The Labute approximate surface area is 112 Å². The largest absolute Gasteiger partial charge is 0.361 e. The van der Waals surface area contributed by atoms with Crippen LogP contribution in [0.15, 0.2) is 30.5 Å². The first-order valence-corrected chi connectivity index (χ1v) is 6.56. The summed E-state index contributed by atoms with van der Waals surface area (Å²) >= 11 is 3.96. The molecule has 0 saturated carbocycles. The molecule has 0 fully saturated rings. The molecule has 0 radical (unpaired) electrons. The number of hydrogen-bond donors (Lipinski definition) is 3. The van der Waals surface area contributed by atoms with Gasteiger partial charge < -0.3 is 10.3 Å². The molecule has 0 unspecified atom stereocenters. The molecule has 2 aromatic rings. The normalized spacial score (nSPS) is 13.1. The number of carbonyl (C=O) groups is 1. The van der Waals surface area contributed by atoms with Gasteiger partial charge in [-0.3, -0.25) is 4.79 Å². The van der Waals surface area contributed by atoms with Gasteiger partial charge >= 0.3 is 0 Å². The van der Waals surface area contributed by atoms with E-state index in [1.54, 1.807) is 0 Å². The van der Waals surface area contributed by atoms with Crippen LogP contribution in [0.3, 0.4) is 0 Å². The fourth-order valence-corrected chi connectivity index (χ4v) is 2.31. The van der Waals surface area contributed by atoms with Crippen LogP contribution in [-0.4, -0.2) is 22.2 Å². The maximum Gasteiger partial charge on any atom is 0.203 e. The molecule has 1 atom stereocenters. The number of aromatic nitrogens is 1. The molecule has 0 aliphatic carbocycles. The van der Waals surface area contributed by atoms with Gasteiger partial charge in [-0.15, -0.1) is 12.6 Å². The van der Waals surface area contributed by atoms with Crippen molar-refractivity contribution >= 4 is 28.6 Å². The standard InChI is InChI=1S/C14H18N2OS/c1-9(2)16-13(14(17)18)7-10-8-15-12-6-4-3-5-11(10)12/h3-6,8-9,13,15-16H,7H2,1-2H3,(H,17,18)/t13-/m0/s1. The van der Waals surface area contributed by atoms with Gasteiger partial charge in [-0.05, 0) is 18.1 Å². The first-order chi connectivity index (χ1) is 8.58. The Morgan fingerprint density at radius 2 is 2.11 bits per heavy atom. The second-order valence-electron chi connectivity index (χ2n) is 4.78. The van der Waals surface area contributed by atoms with E-state index < -0.39 is 0 Å². The predicted molar refractivity (Wildman–Crippen MR) is 78.1 cm³/mol. The van der Waals surface area contributed by atoms with Crippen LogP contribution in [0.2, 0.25) is 0 Å². The molecule has 1 heterocycles. The predicted octanol–water partition coefficient (Wildman–Crippen LogP) is 2.53. The number of H-pyrrole nitrogens is 1. The van der Waals surface area contributed by atoms with Crippen molar-refractivity contribution in [1.29, 1.82) is 0 Å². The molecular weight excluding hydrogens is 244 g/mol. The molecule has 4 heteroatoms. The molecule has 1 aromatic heterocycles. The summed E-state index contributed by atoms with van der Waals surface area (Å²) in [6.07, 6.45) is 2.63. The zero-order valence-electron chi connectivity index (χ0n) is 10.6. The molecule has 96 valence electrons. The van der Waals surface area contributed by atoms with E-state index in [4.69, 9.17) is 0 Å². The summed E-state index contributed by atoms with van der Waals surface area (Å²) < 4.78 is 0. The third-order valence-corrected chi connectivity index (χ3v) is 3.24. The number of hydrogen-bond acceptors (Lipinski definition) is 2. The van der Waals surface area contributed by atoms with Crippen molar-refractivity contribution < 1.29 is 4.79 Å². The summed E-state index contributed by atoms with van der Waals surface area (Å²) in [6.45, 7) is 4.05. The van der Waals surface area contributed by atoms with Crippen LogP contribution in [0.25, 0.3) is 10.9 Å². The van der Waals surface area contributed by atoms with Crippen LogP contribution < -0.4 is 5.32 Å². The average molecular weight is 262 g/mol. The van der Waals surface area contributed by atoms with Gasteiger partial charge in [0.25, 0.3) is 0 Å². The third-order valence-electron chi connectivity index (χ3n) is 2.93. The lowest BCUT2D eigenvalue weighted by atomic mass is 10.1. The van der Waals surface area contributed by atoms with E-state index in [0.717, 1.165) is 11.1 Å². The van der Waals surface area contributed by atoms with Gasteiger partial charge in [0.15, 0.2) is 0 Å². The summed E-state index contributed by atoms with van der Waals surface area (Å²) in [6, 6.07) is 8.12. The van der Waals surface area contributed by atoms with Crippen LogP contribution >= 0.6 is 12.6 Å². The summed E-state index contributed by atoms with van der Waals surface area (Å²) in [7, 11) is 0. The smallest absolute Gasteiger partial charge is 0.203 e. The van der Waals surface area contributed by atoms with E-state index >= 15 is 0 Å². The zero-order chi connectivity index (χ0) is 13.1. The number of aromatic amines is 1. The lowest BCUT2D eigenvalue weighted by molar-refractivity contribution is -0.112. The topological polar surface area (TPSA) is 44.9 Å². The summed E-state index contributed by atoms with van der Waals surface area (Å²) in [5.41, 5.74) is 2.24. The van der Waals surface area contributed by atoms with Crippen LogP contribution in [-0.2, 0) is 11.2 Å². The number of nitrogens with one attached hydrogen (secondary N) is 2. The Balaban J connectivity index is 2.23. The third kappa shape index (κ3) is 2.94. The quantitative estimate of drug-likeness (QED) is 0.725. The highest BCUT2D eigenvalue weighted by molar-refractivity contribution is 7.96. The molecule has 1 aromatic carbocycles. The Morgan fingerprint density at radius 1 is 1.39 bits per heavy atom. The molecule has 0 aliphatic heterocycles. The van der Waals surface area contributed by atoms with Gasteiger partial charge in [0.2, 0.25) is 5.12 Å². The lowest BCUT2D eigenvalue weighted by Crippen LogP contribution is -2.40. The van der Waals surface area contributed by atoms with Crippen molar-refractivity contribution in [3.05, 3.63) is 36.0 Å². The van der Waals surface area contributed by atoms with E-state index in [2.05, 4.69) is 29.0 Å². The Bertz CT molecular complexity index is 547. The van der Waals surface area contributed by atoms with Crippen LogP contribution in [0, 0.1) is 0 Å². The van der Waals surface area contributed by atoms with E-state index in [9.17, 15) is 4.79 Å². The Hall–Kier alpha value is -1.26. The summed E-state index contributed by atoms with van der Waals surface area (Å²) in [5, 5.41) is 4.29. The molecule has 0 bridgehead atoms. The van der Waals surface area contributed by atoms with Crippen molar-refractivity contribution in [3.8, 4) is 0 Å². The second kappa shape index (κ2) is 5.59. The van der Waals surface area contributed by atoms with Crippen LogP contribution in [0.4, 0.5) is 0 Å². The molecular formula is C14H18N2OS. The van der Waals surface area contributed by atoms with Gasteiger partial charge in [-0.1, -0.05) is 32.0 Å². The van der Waals surface area contributed by atoms with Crippen LogP contribution in [0.5, 0.6) is 0 Å². The average Bonchev–Trinajstić information content (AvgIpc) is 2.71. The fourth-order valence-electron chi connectivity index (χ4n) is 2.14. The summed E-state index contributed by atoms with van der Waals surface area (Å²) in [4.78, 5) is 14.8. The highest BCUT2D eigenvalue weighted by atomic mass is 32.1. The van der Waals surface area contributed by atoms with Crippen molar-refractivity contribution in [2.75, 3.05) is 0 Å². The van der Waals surface area contributed by atoms with Gasteiger partial charge in [0.05, 0.1) is 6.04 Å². The maximum absolute atomic E-state index is 11.5. The highest BCUT2D eigenvalue weighted by Gasteiger charge is 2.18. The number of carbonyl (C=O) groups excluding carboxylic acids is 1. The van der Waals surface area contributed by atoms with E-state index in [0.29, 0.717) is 6.42 Å². The van der Waals surface area contributed by atoms with Crippen LogP contribution in [0.1, 0.15) is 19.4 Å². The van der Waals surface area contributed by atoms with Gasteiger partial charge in [0, 0.05) is 23.1 Å². The van der Waals surface area contributed by atoms with Crippen molar-refractivity contribution in [2.45, 2.75) is 32.4 Å².